The van der Waals surface area contributed by atoms with Gasteiger partial charge in [-0.15, -0.1) is 0 Å². The molecule has 0 unspecified atom stereocenters. The highest BCUT2D eigenvalue weighted by molar-refractivity contribution is 6.07. The monoisotopic (exact) mass is 312 g/mol. The number of anilines is 2. The van der Waals surface area contributed by atoms with Crippen LogP contribution in [0.15, 0.2) is 23.2 Å². The van der Waals surface area contributed by atoms with Crippen molar-refractivity contribution in [2.45, 2.75) is 31.8 Å². The molecule has 1 saturated carbocycles. The maximum absolute atomic E-state index is 12.2. The van der Waals surface area contributed by atoms with Gasteiger partial charge in [0, 0.05) is 37.6 Å². The first-order chi connectivity index (χ1) is 11.1. The van der Waals surface area contributed by atoms with Crippen molar-refractivity contribution in [2.24, 2.45) is 22.6 Å². The Kier molecular flexibility index (Phi) is 3.60. The summed E-state index contributed by atoms with van der Waals surface area (Å²) < 4.78 is 0. The predicted octanol–water partition coefficient (Wildman–Crippen LogP) is 1.99. The molecule has 1 amide bonds. The number of nitrogens with zero attached hydrogens (tertiary/aromatic N) is 3. The number of benzene rings is 1. The number of fused-ring (bicyclic) bond motifs is 5. The van der Waals surface area contributed by atoms with Crippen molar-refractivity contribution in [3.05, 3.63) is 23.8 Å². The number of likely N-dealkylation sites (N-methyl/N-ethyl adjacent to an activating group) is 1. The van der Waals surface area contributed by atoms with E-state index in [2.05, 4.69) is 16.0 Å². The van der Waals surface area contributed by atoms with Crippen molar-refractivity contribution in [3.63, 3.8) is 0 Å². The minimum Gasteiger partial charge on any atom is -0.370 e. The van der Waals surface area contributed by atoms with Gasteiger partial charge in [-0.25, -0.2) is 0 Å². The third-order valence-electron chi connectivity index (χ3n) is 5.63. The summed E-state index contributed by atoms with van der Waals surface area (Å²) >= 11 is 0. The van der Waals surface area contributed by atoms with Crippen molar-refractivity contribution in [1.29, 1.82) is 0 Å². The van der Waals surface area contributed by atoms with Crippen molar-refractivity contribution in [2.75, 3.05) is 29.9 Å². The van der Waals surface area contributed by atoms with Gasteiger partial charge in [0.05, 0.1) is 5.69 Å². The lowest BCUT2D eigenvalue weighted by atomic mass is 9.84. The summed E-state index contributed by atoms with van der Waals surface area (Å²) in [5.74, 6) is 1.44. The summed E-state index contributed by atoms with van der Waals surface area (Å²) in [5, 5.41) is 0. The smallest absolute Gasteiger partial charge is 0.266 e. The first-order valence-electron chi connectivity index (χ1n) is 8.58. The number of hydrogen-bond donors (Lipinski definition) is 1. The van der Waals surface area contributed by atoms with Gasteiger partial charge in [-0.1, -0.05) is 6.07 Å². The van der Waals surface area contributed by atoms with Crippen LogP contribution in [0.5, 0.6) is 0 Å². The molecule has 3 aliphatic heterocycles. The molecular weight excluding hydrogens is 288 g/mol. The maximum Gasteiger partial charge on any atom is 0.266 e. The van der Waals surface area contributed by atoms with Crippen molar-refractivity contribution >= 4 is 23.5 Å². The van der Waals surface area contributed by atoms with E-state index < -0.39 is 6.17 Å². The van der Waals surface area contributed by atoms with Gasteiger partial charge in [0.2, 0.25) is 0 Å². The Morgan fingerprint density at radius 2 is 1.70 bits per heavy atom. The molecule has 1 aromatic carbocycles. The molecule has 1 aromatic rings. The second-order valence-electron chi connectivity index (χ2n) is 7.12. The SMILES string of the molecule is CN1C(=O)[C@H](N)N=Cc2c(N3CC4CCC(CC4)C3)cccc21. The average Bonchev–Trinajstić information content (AvgIpc) is 2.95. The second-order valence-corrected chi connectivity index (χ2v) is 7.12. The summed E-state index contributed by atoms with van der Waals surface area (Å²) in [6.07, 6.45) is 6.41. The molecule has 1 atom stereocenters. The molecule has 2 saturated heterocycles. The summed E-state index contributed by atoms with van der Waals surface area (Å²) in [4.78, 5) is 20.7. The van der Waals surface area contributed by atoms with Crippen LogP contribution in [0.2, 0.25) is 0 Å². The molecular formula is C18H24N4O. The fraction of sp³-hybridized carbons (Fsp3) is 0.556. The number of nitrogens with two attached hydrogens (primary N) is 1. The zero-order chi connectivity index (χ0) is 16.0. The van der Waals surface area contributed by atoms with Crippen LogP contribution in [0.25, 0.3) is 0 Å². The van der Waals surface area contributed by atoms with Gasteiger partial charge >= 0.3 is 0 Å². The fourth-order valence-corrected chi connectivity index (χ4v) is 4.27. The summed E-state index contributed by atoms with van der Waals surface area (Å²) in [7, 11) is 1.78. The van der Waals surface area contributed by atoms with Gasteiger partial charge in [-0.05, 0) is 49.7 Å². The zero-order valence-corrected chi connectivity index (χ0v) is 13.6. The molecule has 0 spiro atoms. The van der Waals surface area contributed by atoms with E-state index in [9.17, 15) is 4.79 Å². The predicted molar refractivity (Wildman–Crippen MR) is 93.1 cm³/mol. The Labute approximate surface area is 137 Å². The molecule has 122 valence electrons. The van der Waals surface area contributed by atoms with Gasteiger partial charge in [0.25, 0.3) is 5.91 Å². The molecule has 0 radical (unpaired) electrons. The molecule has 2 N–H and O–H groups in total. The number of benzodiazepines with no additional fused rings is 1. The van der Waals surface area contributed by atoms with Crippen LogP contribution >= 0.6 is 0 Å². The number of aliphatic imine (C=N–C) groups is 1. The van der Waals surface area contributed by atoms with Crippen molar-refractivity contribution < 1.29 is 4.79 Å². The first-order valence-corrected chi connectivity index (χ1v) is 8.58. The van der Waals surface area contributed by atoms with E-state index >= 15 is 0 Å². The van der Waals surface area contributed by atoms with E-state index in [0.717, 1.165) is 36.2 Å². The molecule has 3 fully saturated rings. The lowest BCUT2D eigenvalue weighted by Crippen LogP contribution is -2.39. The van der Waals surface area contributed by atoms with Gasteiger partial charge in [-0.3, -0.25) is 9.79 Å². The fourth-order valence-electron chi connectivity index (χ4n) is 4.27. The Balaban J connectivity index is 1.76. The van der Waals surface area contributed by atoms with Crippen LogP contribution in [-0.4, -0.2) is 38.4 Å². The van der Waals surface area contributed by atoms with E-state index in [-0.39, 0.29) is 5.91 Å². The van der Waals surface area contributed by atoms with Crippen LogP contribution in [0.3, 0.4) is 0 Å². The molecule has 2 bridgehead atoms. The Morgan fingerprint density at radius 3 is 2.35 bits per heavy atom. The number of amides is 1. The van der Waals surface area contributed by atoms with E-state index in [1.807, 2.05) is 12.1 Å². The Bertz CT molecular complexity index is 634. The van der Waals surface area contributed by atoms with E-state index in [4.69, 9.17) is 5.73 Å². The first kappa shape index (κ1) is 14.7. The zero-order valence-electron chi connectivity index (χ0n) is 13.6. The largest absolute Gasteiger partial charge is 0.370 e. The van der Waals surface area contributed by atoms with Crippen LogP contribution in [0.1, 0.15) is 31.2 Å². The van der Waals surface area contributed by atoms with E-state index in [1.54, 1.807) is 18.2 Å². The Hall–Kier alpha value is -1.88. The van der Waals surface area contributed by atoms with Crippen molar-refractivity contribution in [3.8, 4) is 0 Å². The summed E-state index contributed by atoms with van der Waals surface area (Å²) in [6, 6.07) is 6.17. The minimum atomic E-state index is -0.805. The van der Waals surface area contributed by atoms with Crippen LogP contribution in [-0.2, 0) is 4.79 Å². The number of carbonyl (C=O) groups excluding carboxylic acids is 1. The molecule has 5 heteroatoms. The number of carbonyl (C=O) groups is 1. The highest BCUT2D eigenvalue weighted by Crippen LogP contribution is 2.38. The summed E-state index contributed by atoms with van der Waals surface area (Å²) in [5.41, 5.74) is 8.98. The Morgan fingerprint density at radius 1 is 1.09 bits per heavy atom. The molecule has 5 rings (SSSR count). The van der Waals surface area contributed by atoms with Crippen LogP contribution in [0, 0.1) is 11.8 Å². The summed E-state index contributed by atoms with van der Waals surface area (Å²) in [6.45, 7) is 2.23. The number of rotatable bonds is 1. The van der Waals surface area contributed by atoms with Crippen molar-refractivity contribution in [1.82, 2.24) is 0 Å². The average molecular weight is 312 g/mol. The highest BCUT2D eigenvalue weighted by atomic mass is 16.2. The quantitative estimate of drug-likeness (QED) is 0.862. The van der Waals surface area contributed by atoms with Crippen LogP contribution in [0.4, 0.5) is 11.4 Å². The second kappa shape index (κ2) is 5.64. The van der Waals surface area contributed by atoms with E-state index in [0.29, 0.717) is 0 Å². The molecule has 4 aliphatic rings. The molecule has 1 aliphatic carbocycles. The van der Waals surface area contributed by atoms with Crippen LogP contribution < -0.4 is 15.5 Å². The maximum atomic E-state index is 12.2. The van der Waals surface area contributed by atoms with E-state index in [1.165, 1.54) is 31.4 Å². The highest BCUT2D eigenvalue weighted by Gasteiger charge is 2.31. The van der Waals surface area contributed by atoms with Gasteiger partial charge < -0.3 is 15.5 Å². The lowest BCUT2D eigenvalue weighted by molar-refractivity contribution is -0.119. The standard InChI is InChI=1S/C18H24N4O/c1-21-15-3-2-4-16(14(15)9-20-17(19)18(21)23)22-10-12-5-6-13(11-22)8-7-12/h2-4,9,12-13,17H,5-8,10-11,19H2,1H3/t12?,13?,17-/m1/s1. The number of hydrogen-bond acceptors (Lipinski definition) is 4. The van der Waals surface area contributed by atoms with Gasteiger partial charge in [0.15, 0.2) is 6.17 Å². The lowest BCUT2D eigenvalue weighted by Gasteiger charge is -2.28. The third kappa shape index (κ3) is 2.53. The molecule has 0 aromatic heterocycles. The minimum absolute atomic E-state index is 0.159. The molecule has 3 heterocycles. The van der Waals surface area contributed by atoms with Gasteiger partial charge in [-0.2, -0.15) is 0 Å². The molecule has 5 nitrogen and oxygen atoms in total. The third-order valence-corrected chi connectivity index (χ3v) is 5.63. The molecule has 23 heavy (non-hydrogen) atoms. The topological polar surface area (TPSA) is 61.9 Å². The van der Waals surface area contributed by atoms with Gasteiger partial charge in [0.1, 0.15) is 0 Å². The normalized spacial score (nSPS) is 30.2.